The first-order chi connectivity index (χ1) is 8.72. The third-order valence-electron chi connectivity index (χ3n) is 3.29. The minimum atomic E-state index is 1.36. The molecule has 0 N–H and O–H groups in total. The van der Waals surface area contributed by atoms with Crippen LogP contribution in [0, 0.1) is 9.81 Å². The van der Waals surface area contributed by atoms with Gasteiger partial charge in [0.25, 0.3) is 0 Å². The molecular weight excluding hydrogens is 371 g/mol. The Hall–Kier alpha value is -0.650. The van der Waals surface area contributed by atoms with Gasteiger partial charge in [-0.25, -0.2) is 0 Å². The van der Waals surface area contributed by atoms with Crippen molar-refractivity contribution in [3.63, 3.8) is 0 Å². The maximum Gasteiger partial charge on any atom is 0.0666 e. The average Bonchev–Trinajstić information content (AvgIpc) is 2.89. The lowest BCUT2D eigenvalue weighted by Crippen LogP contribution is -1.73. The van der Waals surface area contributed by atoms with E-state index in [0.29, 0.717) is 0 Å². The summed E-state index contributed by atoms with van der Waals surface area (Å²) in [4.78, 5) is 1.39. The highest BCUT2D eigenvalue weighted by atomic mass is 127. The molecule has 0 saturated heterocycles. The molecule has 88 valence electrons. The Morgan fingerprint density at radius 2 is 1.39 bits per heavy atom. The Kier molecular flexibility index (Phi) is 2.44. The van der Waals surface area contributed by atoms with Crippen LogP contribution in [0.1, 0.15) is 4.88 Å². The third-order valence-corrected chi connectivity index (χ3v) is 6.16. The zero-order valence-electron chi connectivity index (χ0n) is 9.66. The molecule has 0 radical (unpaired) electrons. The lowest BCUT2D eigenvalue weighted by Gasteiger charge is -2.01. The maximum atomic E-state index is 2.41. The van der Waals surface area contributed by atoms with E-state index >= 15 is 0 Å². The lowest BCUT2D eigenvalue weighted by molar-refractivity contribution is 1.66. The van der Waals surface area contributed by atoms with E-state index in [1.54, 1.807) is 0 Å². The molecule has 0 saturated carbocycles. The summed E-state index contributed by atoms with van der Waals surface area (Å²) in [6.07, 6.45) is 0. The van der Waals surface area contributed by atoms with Gasteiger partial charge in [-0.05, 0) is 64.6 Å². The Morgan fingerprint density at radius 3 is 2.11 bits per heavy atom. The van der Waals surface area contributed by atoms with E-state index in [4.69, 9.17) is 0 Å². The quantitative estimate of drug-likeness (QED) is 0.320. The molecule has 0 aliphatic carbocycles. The van der Waals surface area contributed by atoms with Crippen LogP contribution in [-0.4, -0.2) is 0 Å². The summed E-state index contributed by atoms with van der Waals surface area (Å²) in [6.45, 7) is 2.18. The molecule has 2 heterocycles. The minimum absolute atomic E-state index is 1.36. The SMILES string of the molecule is Cc1cc2c(ccc3c4cc(I)sc4ccc23)s1. The van der Waals surface area contributed by atoms with Crippen molar-refractivity contribution in [2.75, 3.05) is 0 Å². The number of halogens is 1. The fraction of sp³-hybridized carbons (Fsp3) is 0.0667. The molecule has 18 heavy (non-hydrogen) atoms. The fourth-order valence-electron chi connectivity index (χ4n) is 2.54. The van der Waals surface area contributed by atoms with Gasteiger partial charge in [0.05, 0.1) is 2.88 Å². The second-order valence-corrected chi connectivity index (χ2v) is 8.72. The highest BCUT2D eigenvalue weighted by Crippen LogP contribution is 2.37. The van der Waals surface area contributed by atoms with Gasteiger partial charge < -0.3 is 0 Å². The standard InChI is InChI=1S/C15H9IS2/c1-8-6-11-9-3-5-14-12(7-15(16)18-14)10(9)2-4-13(11)17-8/h2-7H,1H3. The van der Waals surface area contributed by atoms with E-state index in [-0.39, 0.29) is 0 Å². The van der Waals surface area contributed by atoms with Crippen molar-refractivity contribution < 1.29 is 0 Å². The minimum Gasteiger partial charge on any atom is -0.141 e. The van der Waals surface area contributed by atoms with Gasteiger partial charge in [-0.2, -0.15) is 0 Å². The number of rotatable bonds is 0. The van der Waals surface area contributed by atoms with Crippen LogP contribution in [-0.2, 0) is 0 Å². The smallest absolute Gasteiger partial charge is 0.0666 e. The summed E-state index contributed by atoms with van der Waals surface area (Å²) in [7, 11) is 0. The second kappa shape index (κ2) is 3.92. The zero-order chi connectivity index (χ0) is 12.3. The van der Waals surface area contributed by atoms with Gasteiger partial charge in [-0.3, -0.25) is 0 Å². The van der Waals surface area contributed by atoms with Gasteiger partial charge in [0, 0.05) is 25.0 Å². The van der Waals surface area contributed by atoms with E-state index in [9.17, 15) is 0 Å². The van der Waals surface area contributed by atoms with Crippen molar-refractivity contribution >= 4 is 76.2 Å². The van der Waals surface area contributed by atoms with E-state index in [2.05, 4.69) is 65.9 Å². The summed E-state index contributed by atoms with van der Waals surface area (Å²) in [5.41, 5.74) is 0. The zero-order valence-corrected chi connectivity index (χ0v) is 13.4. The molecule has 0 bridgehead atoms. The topological polar surface area (TPSA) is 0 Å². The van der Waals surface area contributed by atoms with Crippen molar-refractivity contribution in [3.05, 3.63) is 44.2 Å². The molecular formula is C15H9IS2. The largest absolute Gasteiger partial charge is 0.141 e. The molecule has 0 nitrogen and oxygen atoms in total. The molecule has 3 heteroatoms. The molecule has 2 aromatic heterocycles. The van der Waals surface area contributed by atoms with Crippen molar-refractivity contribution in [1.82, 2.24) is 0 Å². The number of fused-ring (bicyclic) bond motifs is 5. The normalized spacial score (nSPS) is 11.9. The van der Waals surface area contributed by atoms with Gasteiger partial charge in [0.2, 0.25) is 0 Å². The van der Waals surface area contributed by atoms with Crippen molar-refractivity contribution in [3.8, 4) is 0 Å². The molecule has 0 aliphatic heterocycles. The molecule has 4 rings (SSSR count). The van der Waals surface area contributed by atoms with Gasteiger partial charge in [-0.1, -0.05) is 12.1 Å². The third kappa shape index (κ3) is 1.54. The van der Waals surface area contributed by atoms with Crippen LogP contribution in [0.5, 0.6) is 0 Å². The van der Waals surface area contributed by atoms with Crippen LogP contribution >= 0.6 is 45.3 Å². The summed E-state index contributed by atoms with van der Waals surface area (Å²) in [5.74, 6) is 0. The van der Waals surface area contributed by atoms with E-state index in [0.717, 1.165) is 0 Å². The number of benzene rings is 2. The molecule has 0 aliphatic rings. The number of hydrogen-bond acceptors (Lipinski definition) is 2. The highest BCUT2D eigenvalue weighted by Gasteiger charge is 2.08. The van der Waals surface area contributed by atoms with Gasteiger partial charge >= 0.3 is 0 Å². The first-order valence-electron chi connectivity index (χ1n) is 5.73. The molecule has 0 fully saturated rings. The number of hydrogen-bond donors (Lipinski definition) is 0. The van der Waals surface area contributed by atoms with Gasteiger partial charge in [0.15, 0.2) is 0 Å². The number of aryl methyl sites for hydroxylation is 1. The van der Waals surface area contributed by atoms with Crippen molar-refractivity contribution in [2.24, 2.45) is 0 Å². The Balaban J connectivity index is 2.29. The van der Waals surface area contributed by atoms with Crippen LogP contribution in [0.25, 0.3) is 30.9 Å². The first-order valence-corrected chi connectivity index (χ1v) is 8.44. The van der Waals surface area contributed by atoms with E-state index < -0.39 is 0 Å². The van der Waals surface area contributed by atoms with Gasteiger partial charge in [0.1, 0.15) is 0 Å². The van der Waals surface area contributed by atoms with E-state index in [1.807, 2.05) is 22.7 Å². The average molecular weight is 380 g/mol. The summed E-state index contributed by atoms with van der Waals surface area (Å²) < 4.78 is 4.14. The predicted octanol–water partition coefficient (Wildman–Crippen LogP) is 6.18. The molecule has 0 unspecified atom stereocenters. The van der Waals surface area contributed by atoms with Crippen molar-refractivity contribution in [2.45, 2.75) is 6.92 Å². The number of thiophene rings is 2. The highest BCUT2D eigenvalue weighted by molar-refractivity contribution is 14.1. The Bertz CT molecular complexity index is 823. The Labute approximate surface area is 126 Å². The summed E-state index contributed by atoms with van der Waals surface area (Å²) >= 11 is 6.15. The molecule has 2 aromatic carbocycles. The Morgan fingerprint density at radius 1 is 0.778 bits per heavy atom. The van der Waals surface area contributed by atoms with Crippen LogP contribution in [0.15, 0.2) is 36.4 Å². The van der Waals surface area contributed by atoms with Crippen LogP contribution in [0.4, 0.5) is 0 Å². The predicted molar refractivity (Wildman–Crippen MR) is 92.2 cm³/mol. The maximum absolute atomic E-state index is 2.41. The first kappa shape index (κ1) is 11.2. The van der Waals surface area contributed by atoms with Crippen LogP contribution in [0.2, 0.25) is 0 Å². The summed E-state index contributed by atoms with van der Waals surface area (Å²) in [6, 6.07) is 13.7. The van der Waals surface area contributed by atoms with Crippen LogP contribution < -0.4 is 0 Å². The molecule has 4 aromatic rings. The monoisotopic (exact) mass is 380 g/mol. The van der Waals surface area contributed by atoms with Crippen molar-refractivity contribution in [1.29, 1.82) is 0 Å². The van der Waals surface area contributed by atoms with Gasteiger partial charge in [-0.15, -0.1) is 22.7 Å². The lowest BCUT2D eigenvalue weighted by atomic mass is 10.0. The molecule has 0 spiro atoms. The van der Waals surface area contributed by atoms with Crippen LogP contribution in [0.3, 0.4) is 0 Å². The molecule has 0 amide bonds. The molecule has 0 atom stereocenters. The summed E-state index contributed by atoms with van der Waals surface area (Å²) in [5, 5.41) is 5.57. The second-order valence-electron chi connectivity index (χ2n) is 4.46. The fourth-order valence-corrected chi connectivity index (χ4v) is 5.31. The van der Waals surface area contributed by atoms with E-state index in [1.165, 1.54) is 38.7 Å².